The van der Waals surface area contributed by atoms with Crippen molar-refractivity contribution in [2.24, 2.45) is 0 Å². The number of nitro benzene ring substituents is 1. The van der Waals surface area contributed by atoms with E-state index in [1.165, 1.54) is 26.4 Å². The van der Waals surface area contributed by atoms with E-state index in [0.29, 0.717) is 23.5 Å². The number of rotatable bonds is 11. The van der Waals surface area contributed by atoms with Crippen molar-refractivity contribution >= 4 is 27.1 Å². The van der Waals surface area contributed by atoms with Crippen LogP contribution < -0.4 is 20.1 Å². The highest BCUT2D eigenvalue weighted by atomic mass is 32.2. The second-order valence-corrected chi connectivity index (χ2v) is 8.77. The van der Waals surface area contributed by atoms with Crippen LogP contribution in [0.5, 0.6) is 11.5 Å². The summed E-state index contributed by atoms with van der Waals surface area (Å²) in [4.78, 5) is 23.1. The average molecular weight is 464 g/mol. The number of ether oxygens (including phenoxy) is 2. The van der Waals surface area contributed by atoms with Gasteiger partial charge >= 0.3 is 0 Å². The highest BCUT2D eigenvalue weighted by molar-refractivity contribution is 7.90. The van der Waals surface area contributed by atoms with Gasteiger partial charge in [-0.3, -0.25) is 14.9 Å². The van der Waals surface area contributed by atoms with Crippen molar-refractivity contribution in [1.29, 1.82) is 0 Å². The maximum atomic E-state index is 12.6. The molecule has 0 aliphatic carbocycles. The van der Waals surface area contributed by atoms with Crippen molar-refractivity contribution in [3.63, 3.8) is 0 Å². The number of allylic oxidation sites excluding steroid dienone is 1. The van der Waals surface area contributed by atoms with Crippen LogP contribution in [0.1, 0.15) is 15.9 Å². The van der Waals surface area contributed by atoms with E-state index in [4.69, 9.17) is 9.47 Å². The van der Waals surface area contributed by atoms with Crippen LogP contribution in [0.2, 0.25) is 0 Å². The fraction of sp³-hybridized carbons (Fsp3) is 0.286. The fourth-order valence-electron chi connectivity index (χ4n) is 3.00. The number of nitro groups is 1. The lowest BCUT2D eigenvalue weighted by Crippen LogP contribution is -2.29. The lowest BCUT2D eigenvalue weighted by molar-refractivity contribution is -0.384. The van der Waals surface area contributed by atoms with Gasteiger partial charge in [0.05, 0.1) is 24.0 Å². The van der Waals surface area contributed by atoms with Gasteiger partial charge in [-0.05, 0) is 30.7 Å². The molecule has 2 aromatic rings. The summed E-state index contributed by atoms with van der Waals surface area (Å²) in [5, 5.41) is 16.9. The first-order chi connectivity index (χ1) is 15.1. The fourth-order valence-corrected chi connectivity index (χ4v) is 3.64. The zero-order chi connectivity index (χ0) is 23.9. The number of amides is 1. The van der Waals surface area contributed by atoms with Gasteiger partial charge in [0, 0.05) is 36.5 Å². The van der Waals surface area contributed by atoms with E-state index in [1.54, 1.807) is 18.2 Å². The van der Waals surface area contributed by atoms with Crippen LogP contribution in [-0.2, 0) is 16.3 Å². The van der Waals surface area contributed by atoms with Gasteiger partial charge < -0.3 is 20.1 Å². The monoisotopic (exact) mass is 463 g/mol. The van der Waals surface area contributed by atoms with E-state index >= 15 is 0 Å². The summed E-state index contributed by atoms with van der Waals surface area (Å²) in [6.07, 6.45) is 3.14. The number of carbonyl (C=O) groups excluding carboxylic acids is 1. The lowest BCUT2D eigenvalue weighted by Gasteiger charge is -2.14. The largest absolute Gasteiger partial charge is 0.493 e. The first-order valence-corrected chi connectivity index (χ1v) is 11.4. The molecule has 2 N–H and O–H groups in total. The second-order valence-electron chi connectivity index (χ2n) is 6.75. The summed E-state index contributed by atoms with van der Waals surface area (Å²) >= 11 is 0. The second kappa shape index (κ2) is 10.6. The minimum absolute atomic E-state index is 0.146. The number of hydrogen-bond acceptors (Lipinski definition) is 8. The van der Waals surface area contributed by atoms with Crippen LogP contribution in [0, 0.1) is 10.1 Å². The first kappa shape index (κ1) is 24.7. The third-order valence-electron chi connectivity index (χ3n) is 4.50. The molecule has 11 heteroatoms. The van der Waals surface area contributed by atoms with Crippen LogP contribution in [0.3, 0.4) is 0 Å². The van der Waals surface area contributed by atoms with E-state index in [2.05, 4.69) is 17.2 Å². The Hall–Kier alpha value is -3.60. The van der Waals surface area contributed by atoms with Crippen LogP contribution in [0.25, 0.3) is 0 Å². The molecule has 0 atom stereocenters. The molecule has 32 heavy (non-hydrogen) atoms. The van der Waals surface area contributed by atoms with Crippen LogP contribution in [-0.4, -0.2) is 52.8 Å². The summed E-state index contributed by atoms with van der Waals surface area (Å²) in [5.41, 5.74) is 0.888. The molecule has 0 bridgehead atoms. The number of anilines is 1. The van der Waals surface area contributed by atoms with Gasteiger partial charge in [-0.15, -0.1) is 6.58 Å². The number of nitrogens with one attached hydrogen (secondary N) is 2. The first-order valence-electron chi connectivity index (χ1n) is 9.48. The normalized spacial score (nSPS) is 10.8. The zero-order valence-corrected chi connectivity index (χ0v) is 18.8. The molecule has 172 valence electrons. The van der Waals surface area contributed by atoms with Crippen LogP contribution >= 0.6 is 0 Å². The Morgan fingerprint density at radius 2 is 1.91 bits per heavy atom. The van der Waals surface area contributed by atoms with E-state index in [-0.39, 0.29) is 35.3 Å². The van der Waals surface area contributed by atoms with Gasteiger partial charge in [0.2, 0.25) is 0 Å². The number of nitrogens with zero attached hydrogens (tertiary/aromatic N) is 1. The topological polar surface area (TPSA) is 137 Å². The SMILES string of the molecule is C=CCc1cc(C(=O)NCCNc2ccc(S(C)(=O)=O)cc2[N+](=O)[O-])cc(OC)c1OC. The Balaban J connectivity index is 2.09. The number of methoxy groups -OCH3 is 2. The number of sulfone groups is 1. The molecule has 0 saturated heterocycles. The molecule has 0 radical (unpaired) electrons. The quantitative estimate of drug-likeness (QED) is 0.225. The Bertz CT molecular complexity index is 1130. The number of hydrogen-bond donors (Lipinski definition) is 2. The summed E-state index contributed by atoms with van der Waals surface area (Å²) in [6, 6.07) is 6.85. The molecule has 0 spiro atoms. The molecule has 0 aromatic heterocycles. The van der Waals surface area contributed by atoms with Gasteiger partial charge in [-0.1, -0.05) is 6.08 Å². The Morgan fingerprint density at radius 1 is 1.19 bits per heavy atom. The molecular formula is C21H25N3O7S. The van der Waals surface area contributed by atoms with Crippen molar-refractivity contribution in [3.8, 4) is 11.5 Å². The van der Waals surface area contributed by atoms with E-state index in [0.717, 1.165) is 17.9 Å². The molecule has 10 nitrogen and oxygen atoms in total. The smallest absolute Gasteiger partial charge is 0.293 e. The van der Waals surface area contributed by atoms with Crippen LogP contribution in [0.4, 0.5) is 11.4 Å². The Kier molecular flexibility index (Phi) is 8.19. The summed E-state index contributed by atoms with van der Waals surface area (Å²) in [7, 11) is -0.589. The molecule has 0 heterocycles. The van der Waals surface area contributed by atoms with Gasteiger partial charge in [0.1, 0.15) is 5.69 Å². The molecule has 2 rings (SSSR count). The highest BCUT2D eigenvalue weighted by Crippen LogP contribution is 2.33. The van der Waals surface area contributed by atoms with Gasteiger partial charge in [0.25, 0.3) is 11.6 Å². The van der Waals surface area contributed by atoms with Crippen molar-refractivity contribution in [2.45, 2.75) is 11.3 Å². The third-order valence-corrected chi connectivity index (χ3v) is 5.61. The summed E-state index contributed by atoms with van der Waals surface area (Å²) in [5.74, 6) is 0.576. The van der Waals surface area contributed by atoms with E-state index in [9.17, 15) is 23.3 Å². The number of carbonyl (C=O) groups is 1. The third kappa shape index (κ3) is 5.97. The van der Waals surface area contributed by atoms with Crippen molar-refractivity contribution in [3.05, 3.63) is 64.2 Å². The maximum Gasteiger partial charge on any atom is 0.293 e. The molecule has 0 fully saturated rings. The van der Waals surface area contributed by atoms with Crippen molar-refractivity contribution in [2.75, 3.05) is 38.9 Å². The van der Waals surface area contributed by atoms with Gasteiger partial charge in [-0.25, -0.2) is 8.42 Å². The van der Waals surface area contributed by atoms with E-state index < -0.39 is 14.8 Å². The molecule has 0 aliphatic heterocycles. The average Bonchev–Trinajstić information content (AvgIpc) is 2.75. The van der Waals surface area contributed by atoms with Gasteiger partial charge in [0.15, 0.2) is 21.3 Å². The number of benzene rings is 2. The lowest BCUT2D eigenvalue weighted by atomic mass is 10.0. The minimum Gasteiger partial charge on any atom is -0.493 e. The van der Waals surface area contributed by atoms with Gasteiger partial charge in [-0.2, -0.15) is 0 Å². The predicted molar refractivity (Wildman–Crippen MR) is 120 cm³/mol. The Labute approximate surface area is 186 Å². The molecule has 2 aromatic carbocycles. The van der Waals surface area contributed by atoms with E-state index in [1.807, 2.05) is 0 Å². The molecule has 0 aliphatic rings. The van der Waals surface area contributed by atoms with Crippen molar-refractivity contribution < 1.29 is 27.6 Å². The van der Waals surface area contributed by atoms with Crippen LogP contribution in [0.15, 0.2) is 47.9 Å². The molecular weight excluding hydrogens is 438 g/mol. The molecule has 0 unspecified atom stereocenters. The standard InChI is InChI=1S/C21H25N3O7S/c1-5-6-14-11-15(12-19(30-2)20(14)31-3)21(25)23-10-9-22-17-8-7-16(32(4,28)29)13-18(17)24(26)27/h5,7-8,11-13,22H,1,6,9-10H2,2-4H3,(H,23,25). The molecule has 1 amide bonds. The maximum absolute atomic E-state index is 12.6. The molecule has 0 saturated carbocycles. The highest BCUT2D eigenvalue weighted by Gasteiger charge is 2.19. The minimum atomic E-state index is -3.58. The zero-order valence-electron chi connectivity index (χ0n) is 18.0. The summed E-state index contributed by atoms with van der Waals surface area (Å²) in [6.45, 7) is 4.04. The van der Waals surface area contributed by atoms with Crippen molar-refractivity contribution in [1.82, 2.24) is 5.32 Å². The predicted octanol–water partition coefficient (Wildman–Crippen LogP) is 2.59. The summed E-state index contributed by atoms with van der Waals surface area (Å²) < 4.78 is 33.9. The Morgan fingerprint density at radius 3 is 2.47 bits per heavy atom.